The number of anilines is 1. The fourth-order valence-corrected chi connectivity index (χ4v) is 5.94. The van der Waals surface area contributed by atoms with Gasteiger partial charge in [0.1, 0.15) is 11.6 Å². The van der Waals surface area contributed by atoms with Crippen molar-refractivity contribution >= 4 is 15.5 Å². The monoisotopic (exact) mass is 406 g/mol. The van der Waals surface area contributed by atoms with Crippen molar-refractivity contribution in [2.75, 3.05) is 31.6 Å². The second-order valence-corrected chi connectivity index (χ2v) is 9.58. The first kappa shape index (κ1) is 19.3. The molecule has 2 atom stereocenters. The van der Waals surface area contributed by atoms with E-state index < -0.39 is 21.5 Å². The molecule has 7 heteroatoms. The van der Waals surface area contributed by atoms with E-state index in [9.17, 15) is 17.2 Å². The molecule has 0 amide bonds. The minimum absolute atomic E-state index is 0.0851. The first-order valence-electron chi connectivity index (χ1n) is 9.61. The van der Waals surface area contributed by atoms with Crippen LogP contribution in [0.5, 0.6) is 0 Å². The fourth-order valence-electron chi connectivity index (χ4n) is 4.60. The van der Waals surface area contributed by atoms with Crippen molar-refractivity contribution in [3.8, 4) is 0 Å². The second kappa shape index (κ2) is 7.12. The lowest BCUT2D eigenvalue weighted by molar-refractivity contribution is 0.298. The summed E-state index contributed by atoms with van der Waals surface area (Å²) in [4.78, 5) is 4.40. The Morgan fingerprint density at radius 2 is 1.68 bits per heavy atom. The Kier molecular flexibility index (Phi) is 4.91. The van der Waals surface area contributed by atoms with Gasteiger partial charge in [0, 0.05) is 37.3 Å². The number of likely N-dealkylation sites (tertiary alicyclic amines) is 1. The van der Waals surface area contributed by atoms with Crippen molar-refractivity contribution in [2.45, 2.75) is 41.5 Å². The molecule has 28 heavy (non-hydrogen) atoms. The third kappa shape index (κ3) is 3.20. The van der Waals surface area contributed by atoms with E-state index in [1.807, 2.05) is 6.07 Å². The van der Waals surface area contributed by atoms with Gasteiger partial charge in [0.2, 0.25) is 9.84 Å². The summed E-state index contributed by atoms with van der Waals surface area (Å²) >= 11 is 0. The van der Waals surface area contributed by atoms with E-state index in [0.717, 1.165) is 55.9 Å². The van der Waals surface area contributed by atoms with Gasteiger partial charge in [0.05, 0.1) is 9.79 Å². The molecule has 4 rings (SSSR count). The molecule has 2 aliphatic rings. The molecule has 2 aromatic carbocycles. The van der Waals surface area contributed by atoms with Crippen molar-refractivity contribution < 1.29 is 17.2 Å². The summed E-state index contributed by atoms with van der Waals surface area (Å²) in [6.45, 7) is 5.18. The third-order valence-corrected chi connectivity index (χ3v) is 7.87. The molecule has 2 aromatic rings. The van der Waals surface area contributed by atoms with Crippen molar-refractivity contribution in [3.63, 3.8) is 0 Å². The molecule has 2 aliphatic heterocycles. The molecule has 1 saturated heterocycles. The van der Waals surface area contributed by atoms with E-state index >= 15 is 0 Å². The standard InChI is InChI=1S/C21H24F2N2O2S/c1-3-25-8-6-18-19-13-16(4-5-20(19)24(2)21(18)7-9-25)28(26,27)17-11-14(22)10-15(23)12-17/h4-5,10-13,18,21H,3,6-9H2,1-2H3/t18-,21-/m1/s1. The van der Waals surface area contributed by atoms with Crippen LogP contribution in [0.25, 0.3) is 0 Å². The number of rotatable bonds is 3. The SMILES string of the molecule is CCN1CC[C@@H]2c3cc(S(=O)(=O)c4cc(F)cc(F)c4)ccc3N(C)[C@@H]2CC1. The molecular weight excluding hydrogens is 382 g/mol. The molecule has 0 bridgehead atoms. The number of nitrogens with zero attached hydrogens (tertiary/aromatic N) is 2. The van der Waals surface area contributed by atoms with Crippen LogP contribution in [-0.2, 0) is 9.84 Å². The maximum absolute atomic E-state index is 13.6. The lowest BCUT2D eigenvalue weighted by Gasteiger charge is -2.25. The van der Waals surface area contributed by atoms with Crippen molar-refractivity contribution in [1.82, 2.24) is 4.90 Å². The zero-order valence-corrected chi connectivity index (χ0v) is 16.8. The van der Waals surface area contributed by atoms with Gasteiger partial charge in [-0.25, -0.2) is 17.2 Å². The lowest BCUT2D eigenvalue weighted by atomic mass is 9.91. The van der Waals surface area contributed by atoms with Gasteiger partial charge in [-0.05, 0) is 61.8 Å². The molecular formula is C21H24F2N2O2S. The van der Waals surface area contributed by atoms with E-state index in [1.54, 1.807) is 6.07 Å². The van der Waals surface area contributed by atoms with Gasteiger partial charge < -0.3 is 9.80 Å². The van der Waals surface area contributed by atoms with Crippen LogP contribution in [0.3, 0.4) is 0 Å². The highest BCUT2D eigenvalue weighted by molar-refractivity contribution is 7.91. The van der Waals surface area contributed by atoms with Crippen LogP contribution >= 0.6 is 0 Å². The first-order chi connectivity index (χ1) is 13.3. The smallest absolute Gasteiger partial charge is 0.206 e. The van der Waals surface area contributed by atoms with Crippen LogP contribution in [0.2, 0.25) is 0 Å². The maximum Gasteiger partial charge on any atom is 0.206 e. The quantitative estimate of drug-likeness (QED) is 0.777. The lowest BCUT2D eigenvalue weighted by Crippen LogP contribution is -2.31. The van der Waals surface area contributed by atoms with Gasteiger partial charge in [-0.3, -0.25) is 0 Å². The highest BCUT2D eigenvalue weighted by Gasteiger charge is 2.38. The summed E-state index contributed by atoms with van der Waals surface area (Å²) < 4.78 is 53.1. The van der Waals surface area contributed by atoms with Crippen molar-refractivity contribution in [1.29, 1.82) is 0 Å². The minimum atomic E-state index is -3.99. The number of hydrogen-bond acceptors (Lipinski definition) is 4. The molecule has 0 radical (unpaired) electrons. The molecule has 0 saturated carbocycles. The Morgan fingerprint density at radius 3 is 2.36 bits per heavy atom. The Balaban J connectivity index is 1.74. The number of hydrogen-bond donors (Lipinski definition) is 0. The summed E-state index contributed by atoms with van der Waals surface area (Å²) in [6.07, 6.45) is 1.99. The highest BCUT2D eigenvalue weighted by atomic mass is 32.2. The fraction of sp³-hybridized carbons (Fsp3) is 0.429. The normalized spacial score (nSPS) is 22.6. The summed E-state index contributed by atoms with van der Waals surface area (Å²) in [7, 11) is -1.94. The Labute approximate surface area is 164 Å². The summed E-state index contributed by atoms with van der Waals surface area (Å²) in [5.41, 5.74) is 2.06. The van der Waals surface area contributed by atoms with E-state index in [2.05, 4.69) is 23.8 Å². The van der Waals surface area contributed by atoms with Crippen LogP contribution in [0.1, 0.15) is 31.2 Å². The van der Waals surface area contributed by atoms with Crippen LogP contribution in [0, 0.1) is 11.6 Å². The number of fused-ring (bicyclic) bond motifs is 3. The van der Waals surface area contributed by atoms with Crippen molar-refractivity contribution in [2.24, 2.45) is 0 Å². The summed E-state index contributed by atoms with van der Waals surface area (Å²) in [5.74, 6) is -1.54. The highest BCUT2D eigenvalue weighted by Crippen LogP contribution is 2.45. The number of likely N-dealkylation sites (N-methyl/N-ethyl adjacent to an activating group) is 1. The molecule has 2 heterocycles. The van der Waals surface area contributed by atoms with Gasteiger partial charge >= 0.3 is 0 Å². The number of halogens is 2. The van der Waals surface area contributed by atoms with Gasteiger partial charge in [-0.2, -0.15) is 0 Å². The minimum Gasteiger partial charge on any atom is -0.371 e. The molecule has 0 N–H and O–H groups in total. The zero-order valence-electron chi connectivity index (χ0n) is 16.0. The van der Waals surface area contributed by atoms with Crippen LogP contribution < -0.4 is 4.90 Å². The molecule has 0 aromatic heterocycles. The maximum atomic E-state index is 13.6. The van der Waals surface area contributed by atoms with Gasteiger partial charge in [-0.15, -0.1) is 0 Å². The Hall–Kier alpha value is -1.99. The Morgan fingerprint density at radius 1 is 1.00 bits per heavy atom. The average molecular weight is 406 g/mol. The van der Waals surface area contributed by atoms with Crippen LogP contribution in [-0.4, -0.2) is 46.0 Å². The van der Waals surface area contributed by atoms with Gasteiger partial charge in [0.15, 0.2) is 0 Å². The Bertz CT molecular complexity index is 989. The van der Waals surface area contributed by atoms with Crippen LogP contribution in [0.15, 0.2) is 46.2 Å². The first-order valence-corrected chi connectivity index (χ1v) is 11.1. The zero-order chi connectivity index (χ0) is 20.1. The van der Waals surface area contributed by atoms with Crippen LogP contribution in [0.4, 0.5) is 14.5 Å². The largest absolute Gasteiger partial charge is 0.371 e. The topological polar surface area (TPSA) is 40.6 Å². The molecule has 0 unspecified atom stereocenters. The summed E-state index contributed by atoms with van der Waals surface area (Å²) in [6, 6.07) is 7.82. The molecule has 4 nitrogen and oxygen atoms in total. The van der Waals surface area contributed by atoms with Gasteiger partial charge in [-0.1, -0.05) is 6.92 Å². The third-order valence-electron chi connectivity index (χ3n) is 6.14. The summed E-state index contributed by atoms with van der Waals surface area (Å²) in [5, 5.41) is 0. The predicted molar refractivity (Wildman–Crippen MR) is 105 cm³/mol. The number of benzene rings is 2. The molecule has 1 fully saturated rings. The van der Waals surface area contributed by atoms with E-state index in [0.29, 0.717) is 12.1 Å². The second-order valence-electron chi connectivity index (χ2n) is 7.63. The van der Waals surface area contributed by atoms with E-state index in [-0.39, 0.29) is 15.7 Å². The average Bonchev–Trinajstić information content (AvgIpc) is 2.81. The van der Waals surface area contributed by atoms with E-state index in [4.69, 9.17) is 0 Å². The molecule has 150 valence electrons. The van der Waals surface area contributed by atoms with Crippen molar-refractivity contribution in [3.05, 3.63) is 53.6 Å². The molecule has 0 aliphatic carbocycles. The molecule has 0 spiro atoms. The predicted octanol–water partition coefficient (Wildman–Crippen LogP) is 3.82. The van der Waals surface area contributed by atoms with Gasteiger partial charge in [0.25, 0.3) is 0 Å². The number of sulfone groups is 1. The van der Waals surface area contributed by atoms with E-state index in [1.165, 1.54) is 6.07 Å².